The third-order valence-corrected chi connectivity index (χ3v) is 17.1. The molecule has 0 aromatic heterocycles. The molecular weight excluding hydrogens is 700 g/mol. The highest BCUT2D eigenvalue weighted by molar-refractivity contribution is 5.20. The fourth-order valence-corrected chi connectivity index (χ4v) is 13.8. The van der Waals surface area contributed by atoms with Crippen LogP contribution in [-0.2, 0) is 23.7 Å². The van der Waals surface area contributed by atoms with Crippen molar-refractivity contribution >= 4 is 0 Å². The van der Waals surface area contributed by atoms with Crippen molar-refractivity contribution < 1.29 is 64.5 Å². The van der Waals surface area contributed by atoms with E-state index in [1.54, 1.807) is 0 Å². The largest absolute Gasteiger partial charge is 0.394 e. The minimum atomic E-state index is -1.70. The van der Waals surface area contributed by atoms with Crippen LogP contribution in [0.5, 0.6) is 0 Å². The van der Waals surface area contributed by atoms with Crippen LogP contribution in [0.2, 0.25) is 0 Å². The summed E-state index contributed by atoms with van der Waals surface area (Å²) in [6, 6.07) is 0. The number of fused-ring (bicyclic) bond motifs is 5. The predicted octanol–water partition coefficient (Wildman–Crippen LogP) is 2.00. The van der Waals surface area contributed by atoms with Gasteiger partial charge in [-0.15, -0.1) is 0 Å². The first-order valence-electron chi connectivity index (χ1n) is 20.7. The molecule has 13 heteroatoms. The first kappa shape index (κ1) is 41.6. The van der Waals surface area contributed by atoms with E-state index >= 15 is 0 Å². The molecule has 54 heavy (non-hydrogen) atoms. The Balaban J connectivity index is 1.09. The summed E-state index contributed by atoms with van der Waals surface area (Å²) in [4.78, 5) is 0. The van der Waals surface area contributed by atoms with E-state index in [1.807, 2.05) is 13.8 Å². The van der Waals surface area contributed by atoms with Gasteiger partial charge in [0.25, 0.3) is 0 Å². The lowest BCUT2D eigenvalue weighted by Crippen LogP contribution is -2.67. The maximum Gasteiger partial charge on any atom is 0.187 e. The first-order chi connectivity index (χ1) is 25.0. The molecule has 3 aliphatic heterocycles. The molecule has 312 valence electrons. The normalized spacial score (nSPS) is 56.2. The van der Waals surface area contributed by atoms with E-state index < -0.39 is 73.6 Å². The summed E-state index contributed by atoms with van der Waals surface area (Å²) in [5.74, 6) is 0.864. The Morgan fingerprint density at radius 1 is 0.704 bits per heavy atom. The molecule has 3 saturated heterocycles. The van der Waals surface area contributed by atoms with E-state index in [-0.39, 0.29) is 69.7 Å². The third kappa shape index (κ3) is 6.28. The maximum atomic E-state index is 12.3. The van der Waals surface area contributed by atoms with Crippen LogP contribution < -0.4 is 0 Å². The van der Waals surface area contributed by atoms with Gasteiger partial charge in [0.1, 0.15) is 42.7 Å². The molecule has 20 atom stereocenters. The minimum Gasteiger partial charge on any atom is -0.394 e. The number of ether oxygens (including phenoxy) is 5. The predicted molar refractivity (Wildman–Crippen MR) is 194 cm³/mol. The highest BCUT2D eigenvalue weighted by Crippen LogP contribution is 2.76. The summed E-state index contributed by atoms with van der Waals surface area (Å²) < 4.78 is 31.0. The summed E-state index contributed by atoms with van der Waals surface area (Å²) in [7, 11) is 0. The lowest BCUT2D eigenvalue weighted by Gasteiger charge is -2.70. The van der Waals surface area contributed by atoms with E-state index in [1.165, 1.54) is 0 Å². The number of rotatable bonds is 7. The Morgan fingerprint density at radius 3 is 2.04 bits per heavy atom. The van der Waals surface area contributed by atoms with Crippen molar-refractivity contribution in [2.45, 2.75) is 198 Å². The molecule has 0 amide bonds. The molecule has 0 bridgehead atoms. The zero-order valence-corrected chi connectivity index (χ0v) is 33.6. The van der Waals surface area contributed by atoms with E-state index in [0.717, 1.165) is 51.4 Å². The van der Waals surface area contributed by atoms with Crippen LogP contribution in [0.3, 0.4) is 0 Å². The van der Waals surface area contributed by atoms with E-state index in [0.29, 0.717) is 6.42 Å². The standard InChI is InChI=1S/C41H70O13/c1-36(2)24-10-15-39(6)25(17-21(43)28-20(9-14-40(28,39)7)41(8)16-12-27(54-41)37(3,4)49)38(24,5)13-11-26(36)52-35-33(29(45)22(44)19-50-35)53-34-32(48)31(47)30(46)23(18-42)51-34/h20-35,42-49H,9-19H2,1-8H3/t20-,21?,22+,23+,24?,25+,26-,27+,28?,29-,30+,31-,32+,33+,34-,35-,38-,39+,40+,41-/m0/s1. The number of aliphatic hydroxyl groups is 8. The summed E-state index contributed by atoms with van der Waals surface area (Å²) in [5, 5.41) is 85.7. The van der Waals surface area contributed by atoms with Gasteiger partial charge in [-0.2, -0.15) is 0 Å². The SMILES string of the molecule is CC(C)(O)[C@H]1CC[C@@](C)([C@H]2CC[C@]3(C)C2C(O)C[C@@H]2[C@@]4(C)CC[C@H](O[C@@H]5OC[C@@H](O)[C@H](O)[C@H]5O[C@@H]5O[C@H](CO)[C@@H](O)[C@H](O)[C@H]5O)C(C)(C)C4CC[C@]23C)O1. The molecular formula is C41H70O13. The van der Waals surface area contributed by atoms with Crippen molar-refractivity contribution in [2.24, 2.45) is 45.3 Å². The molecule has 0 aromatic carbocycles. The lowest BCUT2D eigenvalue weighted by atomic mass is 9.35. The number of aliphatic hydroxyl groups excluding tert-OH is 7. The van der Waals surface area contributed by atoms with Crippen molar-refractivity contribution in [1.82, 2.24) is 0 Å². The molecule has 3 unspecified atom stereocenters. The zero-order valence-electron chi connectivity index (χ0n) is 33.6. The molecule has 0 spiro atoms. The van der Waals surface area contributed by atoms with Gasteiger partial charge in [0, 0.05) is 0 Å². The van der Waals surface area contributed by atoms with Crippen LogP contribution >= 0.6 is 0 Å². The van der Waals surface area contributed by atoms with Crippen LogP contribution in [0.25, 0.3) is 0 Å². The van der Waals surface area contributed by atoms with Gasteiger partial charge in [0.2, 0.25) is 0 Å². The average molecular weight is 771 g/mol. The van der Waals surface area contributed by atoms with Gasteiger partial charge in [-0.1, -0.05) is 34.6 Å². The van der Waals surface area contributed by atoms with E-state index in [4.69, 9.17) is 23.7 Å². The van der Waals surface area contributed by atoms with Gasteiger partial charge in [0.05, 0.1) is 42.7 Å². The Labute approximate surface area is 320 Å². The fourth-order valence-electron chi connectivity index (χ4n) is 13.8. The molecule has 13 nitrogen and oxygen atoms in total. The molecule has 7 aliphatic rings. The van der Waals surface area contributed by atoms with E-state index in [9.17, 15) is 40.9 Å². The molecule has 4 saturated carbocycles. The zero-order chi connectivity index (χ0) is 39.6. The Hall–Kier alpha value is -0.520. The molecule has 8 N–H and O–H groups in total. The number of hydrogen-bond donors (Lipinski definition) is 8. The van der Waals surface area contributed by atoms with Crippen molar-refractivity contribution in [3.8, 4) is 0 Å². The highest BCUT2D eigenvalue weighted by Gasteiger charge is 2.72. The highest BCUT2D eigenvalue weighted by atomic mass is 16.8. The summed E-state index contributed by atoms with van der Waals surface area (Å²) in [5.41, 5.74) is -1.81. The van der Waals surface area contributed by atoms with Gasteiger partial charge in [0.15, 0.2) is 12.6 Å². The van der Waals surface area contributed by atoms with Crippen LogP contribution in [0, 0.1) is 45.3 Å². The minimum absolute atomic E-state index is 0.00233. The third-order valence-electron chi connectivity index (χ3n) is 17.1. The maximum absolute atomic E-state index is 12.3. The molecule has 0 radical (unpaired) electrons. The second-order valence-corrected chi connectivity index (χ2v) is 20.6. The summed E-state index contributed by atoms with van der Waals surface area (Å²) in [6.07, 6.45) is -5.82. The lowest BCUT2D eigenvalue weighted by molar-refractivity contribution is -0.367. The Morgan fingerprint density at radius 2 is 1.39 bits per heavy atom. The molecule has 3 heterocycles. The second-order valence-electron chi connectivity index (χ2n) is 20.6. The topological polar surface area (TPSA) is 208 Å². The van der Waals surface area contributed by atoms with Gasteiger partial charge >= 0.3 is 0 Å². The van der Waals surface area contributed by atoms with Crippen molar-refractivity contribution in [2.75, 3.05) is 13.2 Å². The quantitative estimate of drug-likeness (QED) is 0.175. The van der Waals surface area contributed by atoms with Crippen LogP contribution in [0.1, 0.15) is 113 Å². The van der Waals surface area contributed by atoms with Crippen molar-refractivity contribution in [3.63, 3.8) is 0 Å². The van der Waals surface area contributed by atoms with Crippen molar-refractivity contribution in [1.29, 1.82) is 0 Å². The molecule has 0 aromatic rings. The molecule has 4 aliphatic carbocycles. The smallest absolute Gasteiger partial charge is 0.187 e. The number of hydrogen-bond acceptors (Lipinski definition) is 13. The first-order valence-corrected chi connectivity index (χ1v) is 20.7. The van der Waals surface area contributed by atoms with Gasteiger partial charge < -0.3 is 64.5 Å². The molecule has 7 fully saturated rings. The average Bonchev–Trinajstić information content (AvgIpc) is 3.69. The molecule has 7 rings (SSSR count). The van der Waals surface area contributed by atoms with Gasteiger partial charge in [-0.25, -0.2) is 0 Å². The van der Waals surface area contributed by atoms with Crippen LogP contribution in [0.15, 0.2) is 0 Å². The van der Waals surface area contributed by atoms with Gasteiger partial charge in [-0.05, 0) is 124 Å². The van der Waals surface area contributed by atoms with Crippen molar-refractivity contribution in [3.05, 3.63) is 0 Å². The van der Waals surface area contributed by atoms with Gasteiger partial charge in [-0.3, -0.25) is 0 Å². The second kappa shape index (κ2) is 14.1. The van der Waals surface area contributed by atoms with Crippen LogP contribution in [-0.4, -0.2) is 139 Å². The van der Waals surface area contributed by atoms with E-state index in [2.05, 4.69) is 41.5 Å². The van der Waals surface area contributed by atoms with Crippen LogP contribution in [0.4, 0.5) is 0 Å². The fraction of sp³-hybridized carbons (Fsp3) is 1.00. The Kier molecular flexibility index (Phi) is 10.8. The Bertz CT molecular complexity index is 1360. The summed E-state index contributed by atoms with van der Waals surface area (Å²) in [6.45, 7) is 16.9. The summed E-state index contributed by atoms with van der Waals surface area (Å²) >= 11 is 0. The monoisotopic (exact) mass is 770 g/mol.